The molecule has 1 aromatic heterocycles. The van der Waals surface area contributed by atoms with Crippen molar-refractivity contribution in [3.8, 4) is 11.5 Å². The van der Waals surface area contributed by atoms with Crippen molar-refractivity contribution >= 4 is 17.5 Å². The number of aryl methyl sites for hydroxylation is 1. The number of nitrogens with zero attached hydrogens (tertiary/aromatic N) is 2. The smallest absolute Gasteiger partial charge is 0.231 e. The van der Waals surface area contributed by atoms with Crippen molar-refractivity contribution in [3.63, 3.8) is 0 Å². The SMILES string of the molecule is Cc1ccc(CN(C)C(=O)C2CC(=O)N(c3ccc4c(c3)OCO4)C2)o1. The third-order valence-corrected chi connectivity index (χ3v) is 4.71. The molecule has 1 aromatic carbocycles. The maximum absolute atomic E-state index is 12.7. The minimum absolute atomic E-state index is 0.0596. The number of anilines is 1. The van der Waals surface area contributed by atoms with Gasteiger partial charge in [0.15, 0.2) is 11.5 Å². The van der Waals surface area contributed by atoms with Crippen LogP contribution in [0.15, 0.2) is 34.7 Å². The van der Waals surface area contributed by atoms with Crippen LogP contribution in [0.1, 0.15) is 17.9 Å². The number of furan rings is 1. The first-order chi connectivity index (χ1) is 12.5. The van der Waals surface area contributed by atoms with E-state index >= 15 is 0 Å². The molecule has 0 bridgehead atoms. The second-order valence-corrected chi connectivity index (χ2v) is 6.65. The van der Waals surface area contributed by atoms with E-state index in [2.05, 4.69) is 0 Å². The summed E-state index contributed by atoms with van der Waals surface area (Å²) in [5.74, 6) is 2.34. The van der Waals surface area contributed by atoms with Crippen molar-refractivity contribution in [2.75, 3.05) is 25.3 Å². The predicted octanol–water partition coefficient (Wildman–Crippen LogP) is 2.33. The van der Waals surface area contributed by atoms with Crippen molar-refractivity contribution in [3.05, 3.63) is 41.9 Å². The zero-order valence-electron chi connectivity index (χ0n) is 14.7. The highest BCUT2D eigenvalue weighted by Gasteiger charge is 2.37. The third-order valence-electron chi connectivity index (χ3n) is 4.71. The first-order valence-corrected chi connectivity index (χ1v) is 8.51. The molecule has 1 saturated heterocycles. The topological polar surface area (TPSA) is 72.2 Å². The Kier molecular flexibility index (Phi) is 4.06. The molecule has 0 saturated carbocycles. The number of hydrogen-bond donors (Lipinski definition) is 0. The summed E-state index contributed by atoms with van der Waals surface area (Å²) < 4.78 is 16.2. The number of rotatable bonds is 4. The fourth-order valence-corrected chi connectivity index (χ4v) is 3.37. The molecule has 1 unspecified atom stereocenters. The fourth-order valence-electron chi connectivity index (χ4n) is 3.37. The normalized spacial score (nSPS) is 18.5. The molecule has 1 atom stereocenters. The van der Waals surface area contributed by atoms with Crippen LogP contribution in [-0.4, -0.2) is 37.1 Å². The molecule has 0 radical (unpaired) electrons. The van der Waals surface area contributed by atoms with Crippen LogP contribution in [0.25, 0.3) is 0 Å². The molecule has 136 valence electrons. The van der Waals surface area contributed by atoms with Gasteiger partial charge >= 0.3 is 0 Å². The number of benzene rings is 1. The molecule has 26 heavy (non-hydrogen) atoms. The highest BCUT2D eigenvalue weighted by molar-refractivity contribution is 6.00. The van der Waals surface area contributed by atoms with Crippen molar-refractivity contribution in [1.82, 2.24) is 4.90 Å². The van der Waals surface area contributed by atoms with Crippen molar-refractivity contribution < 1.29 is 23.5 Å². The number of carbonyl (C=O) groups is 2. The molecular formula is C19H20N2O5. The van der Waals surface area contributed by atoms with E-state index in [4.69, 9.17) is 13.9 Å². The number of hydrogen-bond acceptors (Lipinski definition) is 5. The Morgan fingerprint density at radius 3 is 2.81 bits per heavy atom. The maximum atomic E-state index is 12.7. The van der Waals surface area contributed by atoms with E-state index in [1.807, 2.05) is 25.1 Å². The largest absolute Gasteiger partial charge is 0.464 e. The summed E-state index contributed by atoms with van der Waals surface area (Å²) in [4.78, 5) is 28.4. The second kappa shape index (κ2) is 6.40. The van der Waals surface area contributed by atoms with Gasteiger partial charge in [-0.1, -0.05) is 0 Å². The van der Waals surface area contributed by atoms with Crippen LogP contribution in [0.3, 0.4) is 0 Å². The van der Waals surface area contributed by atoms with Crippen LogP contribution in [0, 0.1) is 12.8 Å². The maximum Gasteiger partial charge on any atom is 0.231 e. The molecular weight excluding hydrogens is 336 g/mol. The number of carbonyl (C=O) groups excluding carboxylic acids is 2. The van der Waals surface area contributed by atoms with E-state index < -0.39 is 0 Å². The summed E-state index contributed by atoms with van der Waals surface area (Å²) >= 11 is 0. The standard InChI is InChI=1S/C19H20N2O5/c1-12-3-5-15(26-12)10-20(2)19(23)13-7-18(22)21(9-13)14-4-6-16-17(8-14)25-11-24-16/h3-6,8,13H,7,9-11H2,1-2H3. The van der Waals surface area contributed by atoms with Gasteiger partial charge in [-0.15, -0.1) is 0 Å². The Bertz CT molecular complexity index is 859. The van der Waals surface area contributed by atoms with E-state index in [0.717, 1.165) is 17.2 Å². The molecule has 7 nitrogen and oxygen atoms in total. The van der Waals surface area contributed by atoms with Crippen LogP contribution in [0.4, 0.5) is 5.69 Å². The molecule has 0 spiro atoms. The van der Waals surface area contributed by atoms with Crippen LogP contribution < -0.4 is 14.4 Å². The van der Waals surface area contributed by atoms with Gasteiger partial charge in [-0.05, 0) is 31.2 Å². The molecule has 2 aliphatic heterocycles. The monoisotopic (exact) mass is 356 g/mol. The number of fused-ring (bicyclic) bond motifs is 1. The average molecular weight is 356 g/mol. The van der Waals surface area contributed by atoms with Crippen LogP contribution >= 0.6 is 0 Å². The Labute approximate surface area is 151 Å². The summed E-state index contributed by atoms with van der Waals surface area (Å²) in [5.41, 5.74) is 0.721. The van der Waals surface area contributed by atoms with Gasteiger partial charge in [0, 0.05) is 31.8 Å². The lowest BCUT2D eigenvalue weighted by atomic mass is 10.1. The van der Waals surface area contributed by atoms with Crippen molar-refractivity contribution in [2.24, 2.45) is 5.92 Å². The lowest BCUT2D eigenvalue weighted by Gasteiger charge is -2.21. The van der Waals surface area contributed by atoms with E-state index in [0.29, 0.717) is 24.6 Å². The van der Waals surface area contributed by atoms with Crippen LogP contribution in [0.5, 0.6) is 11.5 Å². The zero-order chi connectivity index (χ0) is 18.3. The van der Waals surface area contributed by atoms with Crippen LogP contribution in [-0.2, 0) is 16.1 Å². The molecule has 0 aliphatic carbocycles. The predicted molar refractivity (Wildman–Crippen MR) is 92.9 cm³/mol. The summed E-state index contributed by atoms with van der Waals surface area (Å²) in [6.07, 6.45) is 0.203. The van der Waals surface area contributed by atoms with Gasteiger partial charge in [0.25, 0.3) is 0 Å². The summed E-state index contributed by atoms with van der Waals surface area (Å²) in [6, 6.07) is 9.10. The highest BCUT2D eigenvalue weighted by atomic mass is 16.7. The molecule has 0 N–H and O–H groups in total. The summed E-state index contributed by atoms with van der Waals surface area (Å²) in [7, 11) is 1.73. The summed E-state index contributed by atoms with van der Waals surface area (Å²) in [5, 5.41) is 0. The first-order valence-electron chi connectivity index (χ1n) is 8.51. The van der Waals surface area contributed by atoms with Gasteiger partial charge < -0.3 is 23.7 Å². The second-order valence-electron chi connectivity index (χ2n) is 6.65. The Hall–Kier alpha value is -2.96. The molecule has 1 fully saturated rings. The number of amides is 2. The lowest BCUT2D eigenvalue weighted by molar-refractivity contribution is -0.135. The minimum Gasteiger partial charge on any atom is -0.464 e. The molecule has 2 aliphatic rings. The van der Waals surface area contributed by atoms with E-state index in [1.54, 1.807) is 29.0 Å². The van der Waals surface area contributed by atoms with Gasteiger partial charge in [-0.25, -0.2) is 0 Å². The Morgan fingerprint density at radius 1 is 1.23 bits per heavy atom. The molecule has 4 rings (SSSR count). The van der Waals surface area contributed by atoms with Gasteiger partial charge in [0.1, 0.15) is 11.5 Å². The minimum atomic E-state index is -0.367. The molecule has 7 heteroatoms. The molecule has 2 amide bonds. The first kappa shape index (κ1) is 16.5. The Morgan fingerprint density at radius 2 is 2.04 bits per heavy atom. The van der Waals surface area contributed by atoms with E-state index in [1.165, 1.54) is 0 Å². The number of ether oxygens (including phenoxy) is 2. The average Bonchev–Trinajstić information content (AvgIpc) is 3.33. The van der Waals surface area contributed by atoms with Gasteiger partial charge in [-0.2, -0.15) is 0 Å². The molecule has 2 aromatic rings. The van der Waals surface area contributed by atoms with Gasteiger partial charge in [0.05, 0.1) is 12.5 Å². The van der Waals surface area contributed by atoms with Crippen LogP contribution in [0.2, 0.25) is 0 Å². The lowest BCUT2D eigenvalue weighted by Crippen LogP contribution is -2.34. The van der Waals surface area contributed by atoms with Crippen molar-refractivity contribution in [1.29, 1.82) is 0 Å². The van der Waals surface area contributed by atoms with Gasteiger partial charge in [0.2, 0.25) is 18.6 Å². The van der Waals surface area contributed by atoms with Crippen molar-refractivity contribution in [2.45, 2.75) is 19.9 Å². The van der Waals surface area contributed by atoms with E-state index in [9.17, 15) is 9.59 Å². The van der Waals surface area contributed by atoms with Gasteiger partial charge in [-0.3, -0.25) is 9.59 Å². The zero-order valence-corrected chi connectivity index (χ0v) is 14.7. The quantitative estimate of drug-likeness (QED) is 0.841. The Balaban J connectivity index is 1.44. The fraction of sp³-hybridized carbons (Fsp3) is 0.368. The third kappa shape index (κ3) is 3.00. The summed E-state index contributed by atoms with van der Waals surface area (Å²) in [6.45, 7) is 2.80. The highest BCUT2D eigenvalue weighted by Crippen LogP contribution is 2.37. The van der Waals surface area contributed by atoms with E-state index in [-0.39, 0.29) is 30.9 Å². The molecule has 3 heterocycles.